The Kier molecular flexibility index (Phi) is 1.41. The maximum Gasteiger partial charge on any atom is 0.216 e. The van der Waals surface area contributed by atoms with Gasteiger partial charge in [-0.3, -0.25) is 4.79 Å². The minimum atomic E-state index is -3.11. The number of rotatable bonds is 4. The molecule has 1 N–H and O–H groups in total. The molecule has 0 aliphatic heterocycles. The molecule has 2 rings (SSSR count). The summed E-state index contributed by atoms with van der Waals surface area (Å²) in [5.41, 5.74) is -0.284. The predicted molar refractivity (Wildman–Crippen MR) is 72.9 cm³/mol. The lowest BCUT2D eigenvalue weighted by atomic mass is 10.0. The number of carbonyl (C=O) groups excluding carboxylic acids is 1. The molecule has 1 amide bonds. The van der Waals surface area contributed by atoms with E-state index in [2.05, 4.69) is 0 Å². The van der Waals surface area contributed by atoms with Crippen LogP contribution in [0.4, 0.5) is 0 Å². The SMILES string of the molecule is [2H]c1c([2H])c(CC([2H])([2H])NC(=O)C([2H])([2H])[2H])c2c([2H])c(OC)c([2H])c([2H])c2c1[2H]. The Morgan fingerprint density at radius 3 is 3.17 bits per heavy atom. The second kappa shape index (κ2) is 5.54. The molecule has 0 atom stereocenters. The van der Waals surface area contributed by atoms with Gasteiger partial charge in [-0.05, 0) is 34.8 Å². The normalized spacial score (nSPS) is 20.6. The van der Waals surface area contributed by atoms with Crippen LogP contribution in [-0.2, 0) is 11.2 Å². The summed E-state index contributed by atoms with van der Waals surface area (Å²) in [6.45, 7) is -5.78. The van der Waals surface area contributed by atoms with E-state index in [-0.39, 0.29) is 22.1 Å². The predicted octanol–water partition coefficient (Wildman–Crippen LogP) is 2.53. The van der Waals surface area contributed by atoms with Crippen molar-refractivity contribution in [3.8, 4) is 5.75 Å². The van der Waals surface area contributed by atoms with Gasteiger partial charge in [0.25, 0.3) is 0 Å². The summed E-state index contributed by atoms with van der Waals surface area (Å²) >= 11 is 0. The molecule has 0 bridgehead atoms. The van der Waals surface area contributed by atoms with Crippen LogP contribution in [0.2, 0.25) is 0 Å². The van der Waals surface area contributed by atoms with Crippen LogP contribution in [0.25, 0.3) is 10.8 Å². The Balaban J connectivity index is 2.80. The first-order chi connectivity index (χ1) is 13.1. The fraction of sp³-hybridized carbons (Fsp3) is 0.267. The van der Waals surface area contributed by atoms with Gasteiger partial charge in [0, 0.05) is 20.2 Å². The van der Waals surface area contributed by atoms with E-state index in [4.69, 9.17) is 19.8 Å². The van der Waals surface area contributed by atoms with Gasteiger partial charge in [-0.25, -0.2) is 0 Å². The summed E-state index contributed by atoms with van der Waals surface area (Å²) in [4.78, 5) is 11.7. The quantitative estimate of drug-likeness (QED) is 0.910. The van der Waals surface area contributed by atoms with Gasteiger partial charge in [-0.15, -0.1) is 0 Å². The lowest BCUT2D eigenvalue weighted by Crippen LogP contribution is -2.22. The molecule has 3 heteroatoms. The van der Waals surface area contributed by atoms with Crippen molar-refractivity contribution in [2.24, 2.45) is 0 Å². The van der Waals surface area contributed by atoms with Crippen LogP contribution < -0.4 is 10.1 Å². The van der Waals surface area contributed by atoms with Crippen molar-refractivity contribution < 1.29 is 24.6 Å². The molecule has 0 aliphatic rings. The van der Waals surface area contributed by atoms with Gasteiger partial charge < -0.3 is 10.1 Å². The Bertz CT molecular complexity index is 1000. The second-order valence-corrected chi connectivity index (χ2v) is 3.32. The van der Waals surface area contributed by atoms with Crippen LogP contribution in [-0.4, -0.2) is 19.5 Å². The molecule has 0 saturated heterocycles. The fourth-order valence-corrected chi connectivity index (χ4v) is 1.39. The molecule has 0 aromatic heterocycles. The Morgan fingerprint density at radius 2 is 2.39 bits per heavy atom. The molecule has 94 valence electrons. The first-order valence-corrected chi connectivity index (χ1v) is 5.02. The number of hydrogen-bond donors (Lipinski definition) is 1. The number of ether oxygens (including phenoxy) is 1. The summed E-state index contributed by atoms with van der Waals surface area (Å²) in [6, 6.07) is -3.33. The maximum atomic E-state index is 11.7. The van der Waals surface area contributed by atoms with E-state index in [0.29, 0.717) is 0 Å². The average Bonchev–Trinajstić information content (AvgIpc) is 2.59. The van der Waals surface area contributed by atoms with Crippen molar-refractivity contribution in [1.82, 2.24) is 5.32 Å². The molecular weight excluding hydrogens is 226 g/mol. The Labute approximate surface area is 122 Å². The molecular formula is C15H17NO2. The zero-order valence-corrected chi connectivity index (χ0v) is 9.52. The van der Waals surface area contributed by atoms with Gasteiger partial charge in [0.2, 0.25) is 5.91 Å². The topological polar surface area (TPSA) is 38.3 Å². The summed E-state index contributed by atoms with van der Waals surface area (Å²) < 4.78 is 90.4. The summed E-state index contributed by atoms with van der Waals surface area (Å²) in [6.07, 6.45) is -0.803. The number of carbonyl (C=O) groups is 1. The number of benzene rings is 2. The number of methoxy groups -OCH3 is 1. The van der Waals surface area contributed by atoms with Gasteiger partial charge >= 0.3 is 0 Å². The first-order valence-electron chi connectivity index (χ1n) is 10.5. The van der Waals surface area contributed by atoms with Crippen molar-refractivity contribution >= 4 is 16.7 Å². The van der Waals surface area contributed by atoms with Crippen LogP contribution in [0.15, 0.2) is 36.3 Å². The van der Waals surface area contributed by atoms with Crippen LogP contribution in [0.5, 0.6) is 5.75 Å². The smallest absolute Gasteiger partial charge is 0.216 e. The highest BCUT2D eigenvalue weighted by molar-refractivity contribution is 5.87. The van der Waals surface area contributed by atoms with E-state index in [1.54, 1.807) is 5.32 Å². The van der Waals surface area contributed by atoms with Crippen LogP contribution in [0.3, 0.4) is 0 Å². The maximum absolute atomic E-state index is 11.7. The summed E-state index contributed by atoms with van der Waals surface area (Å²) in [5, 5.41) is 1.18. The molecule has 0 unspecified atom stereocenters. The highest BCUT2D eigenvalue weighted by Gasteiger charge is 2.03. The third kappa shape index (κ3) is 2.80. The number of amides is 1. The lowest BCUT2D eigenvalue weighted by molar-refractivity contribution is -0.118. The highest BCUT2D eigenvalue weighted by atomic mass is 16.5. The molecule has 2 aromatic carbocycles. The monoisotopic (exact) mass is 254 g/mol. The van der Waals surface area contributed by atoms with E-state index < -0.39 is 61.9 Å². The largest absolute Gasteiger partial charge is 0.497 e. The second-order valence-electron chi connectivity index (χ2n) is 3.32. The lowest BCUT2D eigenvalue weighted by Gasteiger charge is -2.08. The standard InChI is InChI=1S/C15H17NO2/c1-11(17)16-9-8-13-5-3-4-12-6-7-14(18-2)10-15(12)13/h3-7,10H,8-9H2,1-2H3,(H,16,17)/i1D3,3D,4D,5D,6D,7D,9D2,10D. The molecule has 0 radical (unpaired) electrons. The van der Waals surface area contributed by atoms with Gasteiger partial charge in [-0.2, -0.15) is 0 Å². The molecule has 0 heterocycles. The molecule has 0 aliphatic carbocycles. The van der Waals surface area contributed by atoms with Crippen molar-refractivity contribution in [2.75, 3.05) is 13.6 Å². The minimum Gasteiger partial charge on any atom is -0.497 e. The Morgan fingerprint density at radius 1 is 1.50 bits per heavy atom. The molecule has 0 spiro atoms. The van der Waals surface area contributed by atoms with Crippen molar-refractivity contribution in [3.05, 3.63) is 41.8 Å². The van der Waals surface area contributed by atoms with E-state index in [9.17, 15) is 4.79 Å². The molecule has 0 saturated carbocycles. The van der Waals surface area contributed by atoms with Gasteiger partial charge in [0.15, 0.2) is 0 Å². The van der Waals surface area contributed by atoms with Crippen molar-refractivity contribution in [2.45, 2.75) is 13.3 Å². The molecule has 3 nitrogen and oxygen atoms in total. The first kappa shape index (κ1) is 4.57. The van der Waals surface area contributed by atoms with Gasteiger partial charge in [-0.1, -0.05) is 24.2 Å². The zero-order chi connectivity index (χ0) is 22.5. The molecule has 2 aromatic rings. The molecule has 18 heavy (non-hydrogen) atoms. The molecule has 0 fully saturated rings. The number of nitrogens with one attached hydrogen (secondary N) is 1. The number of fused-ring (bicyclic) bond motifs is 1. The number of aryl methyl sites for hydroxylation is 1. The van der Waals surface area contributed by atoms with Crippen LogP contribution in [0.1, 0.15) is 27.5 Å². The van der Waals surface area contributed by atoms with E-state index in [1.165, 1.54) is 0 Å². The third-order valence-electron chi connectivity index (χ3n) is 2.16. The van der Waals surface area contributed by atoms with E-state index in [1.807, 2.05) is 0 Å². The fourth-order valence-electron chi connectivity index (χ4n) is 1.39. The third-order valence-corrected chi connectivity index (χ3v) is 2.16. The van der Waals surface area contributed by atoms with E-state index >= 15 is 0 Å². The van der Waals surface area contributed by atoms with Crippen LogP contribution in [0, 0.1) is 0 Å². The number of hydrogen-bond acceptors (Lipinski definition) is 2. The van der Waals surface area contributed by atoms with Crippen molar-refractivity contribution in [1.29, 1.82) is 0 Å². The summed E-state index contributed by atoms with van der Waals surface area (Å²) in [7, 11) is 1.16. The van der Waals surface area contributed by atoms with Crippen LogP contribution >= 0.6 is 0 Å². The van der Waals surface area contributed by atoms with Gasteiger partial charge in [0.05, 0.1) is 15.3 Å². The Hall–Kier alpha value is -2.03. The van der Waals surface area contributed by atoms with Crippen molar-refractivity contribution in [3.63, 3.8) is 0 Å². The van der Waals surface area contributed by atoms with Gasteiger partial charge in [0.1, 0.15) is 5.75 Å². The summed E-state index contributed by atoms with van der Waals surface area (Å²) in [5.74, 6) is -1.88. The zero-order valence-electron chi connectivity index (χ0n) is 20.5. The minimum absolute atomic E-state index is 0.235. The average molecular weight is 254 g/mol. The van der Waals surface area contributed by atoms with E-state index in [0.717, 1.165) is 7.11 Å². The highest BCUT2D eigenvalue weighted by Crippen LogP contribution is 2.24.